The molecule has 1 heterocycles. The van der Waals surface area contributed by atoms with E-state index in [9.17, 15) is 13.2 Å². The van der Waals surface area contributed by atoms with Crippen LogP contribution in [-0.4, -0.2) is 44.9 Å². The van der Waals surface area contributed by atoms with Crippen LogP contribution < -0.4 is 10.5 Å². The van der Waals surface area contributed by atoms with E-state index in [-0.39, 0.29) is 23.4 Å². The lowest BCUT2D eigenvalue weighted by molar-refractivity contribution is -0.119. The number of nitrogens with two attached hydrogens (primary N) is 1. The Morgan fingerprint density at radius 3 is 2.59 bits per heavy atom. The van der Waals surface area contributed by atoms with E-state index in [2.05, 4.69) is 20.7 Å². The van der Waals surface area contributed by atoms with Gasteiger partial charge in [-0.2, -0.15) is 0 Å². The molecule has 1 saturated heterocycles. The summed E-state index contributed by atoms with van der Waals surface area (Å²) < 4.78 is 28.4. The van der Waals surface area contributed by atoms with Crippen LogP contribution in [0.25, 0.3) is 0 Å². The number of benzene rings is 1. The van der Waals surface area contributed by atoms with Crippen LogP contribution in [0.3, 0.4) is 0 Å². The second kappa shape index (κ2) is 7.08. The van der Waals surface area contributed by atoms with Crippen molar-refractivity contribution in [3.63, 3.8) is 0 Å². The molecule has 0 spiro atoms. The van der Waals surface area contributed by atoms with Crippen LogP contribution in [0.4, 0.5) is 0 Å². The van der Waals surface area contributed by atoms with Gasteiger partial charge in [-0.25, -0.2) is 13.1 Å². The fourth-order valence-corrected chi connectivity index (χ4v) is 4.14. The lowest BCUT2D eigenvalue weighted by Gasteiger charge is -2.31. The van der Waals surface area contributed by atoms with E-state index >= 15 is 0 Å². The number of carbonyl (C=O) groups excluding carboxylic acids is 1. The van der Waals surface area contributed by atoms with Crippen molar-refractivity contribution in [1.29, 1.82) is 0 Å². The Balaban J connectivity index is 1.98. The van der Waals surface area contributed by atoms with Crippen LogP contribution in [0.15, 0.2) is 27.6 Å². The van der Waals surface area contributed by atoms with E-state index in [0.29, 0.717) is 25.9 Å². The molecule has 1 aromatic rings. The van der Waals surface area contributed by atoms with Gasteiger partial charge in [0.15, 0.2) is 0 Å². The highest BCUT2D eigenvalue weighted by Crippen LogP contribution is 2.21. The number of amides is 1. The predicted molar refractivity (Wildman–Crippen MR) is 87.9 cm³/mol. The van der Waals surface area contributed by atoms with Gasteiger partial charge in [0.1, 0.15) is 0 Å². The molecule has 0 aliphatic carbocycles. The maximum absolute atomic E-state index is 12.4. The van der Waals surface area contributed by atoms with Gasteiger partial charge in [-0.1, -0.05) is 15.9 Å². The van der Waals surface area contributed by atoms with Crippen molar-refractivity contribution >= 4 is 31.9 Å². The van der Waals surface area contributed by atoms with Crippen molar-refractivity contribution in [3.8, 4) is 0 Å². The Bertz CT molecular complexity index is 655. The monoisotopic (exact) mass is 389 g/mol. The Morgan fingerprint density at radius 1 is 1.41 bits per heavy atom. The molecule has 0 bridgehead atoms. The Hall–Kier alpha value is -0.960. The van der Waals surface area contributed by atoms with E-state index < -0.39 is 10.0 Å². The molecule has 0 unspecified atom stereocenters. The number of hydrogen-bond acceptors (Lipinski definition) is 4. The van der Waals surface area contributed by atoms with Gasteiger partial charge >= 0.3 is 0 Å². The van der Waals surface area contributed by atoms with E-state index in [0.717, 1.165) is 10.0 Å². The van der Waals surface area contributed by atoms with Crippen LogP contribution in [0.1, 0.15) is 18.4 Å². The molecule has 0 saturated carbocycles. The number of piperidine rings is 1. The van der Waals surface area contributed by atoms with E-state index in [1.807, 2.05) is 11.8 Å². The first-order valence-electron chi connectivity index (χ1n) is 7.07. The molecular weight excluding hydrogens is 370 g/mol. The Morgan fingerprint density at radius 2 is 2.05 bits per heavy atom. The summed E-state index contributed by atoms with van der Waals surface area (Å²) in [4.78, 5) is 13.1. The molecule has 1 aliphatic heterocycles. The maximum Gasteiger partial charge on any atom is 0.240 e. The quantitative estimate of drug-likeness (QED) is 0.784. The van der Waals surface area contributed by atoms with Crippen LogP contribution in [0, 0.1) is 6.92 Å². The first-order chi connectivity index (χ1) is 10.3. The van der Waals surface area contributed by atoms with Crippen LogP contribution in [-0.2, 0) is 14.8 Å². The molecule has 1 amide bonds. The third-order valence-corrected chi connectivity index (χ3v) is 6.14. The molecule has 6 nitrogen and oxygen atoms in total. The summed E-state index contributed by atoms with van der Waals surface area (Å²) in [6.07, 6.45) is 1.34. The summed E-state index contributed by atoms with van der Waals surface area (Å²) in [5, 5.41) is 0. The molecule has 3 N–H and O–H groups in total. The Labute approximate surface area is 139 Å². The standard InChI is InChI=1S/C14H20BrN3O3S/c1-10-8-12(2-3-13(10)15)22(20,21)17-11-4-6-18(7-5-11)9-14(16)19/h2-3,8,11,17H,4-7,9H2,1H3,(H2,16,19). The van der Waals surface area contributed by atoms with Gasteiger partial charge in [-0.3, -0.25) is 9.69 Å². The van der Waals surface area contributed by atoms with Gasteiger partial charge in [0.2, 0.25) is 15.9 Å². The zero-order chi connectivity index (χ0) is 16.3. The van der Waals surface area contributed by atoms with Crippen LogP contribution >= 0.6 is 15.9 Å². The van der Waals surface area contributed by atoms with Crippen molar-refractivity contribution in [2.75, 3.05) is 19.6 Å². The lowest BCUT2D eigenvalue weighted by atomic mass is 10.1. The molecule has 8 heteroatoms. The first-order valence-corrected chi connectivity index (χ1v) is 9.34. The molecule has 1 aromatic carbocycles. The van der Waals surface area contributed by atoms with Crippen LogP contribution in [0.2, 0.25) is 0 Å². The summed E-state index contributed by atoms with van der Waals surface area (Å²) in [5.41, 5.74) is 6.04. The molecule has 1 aliphatic rings. The first kappa shape index (κ1) is 17.4. The number of hydrogen-bond donors (Lipinski definition) is 2. The number of nitrogens with zero attached hydrogens (tertiary/aromatic N) is 1. The van der Waals surface area contributed by atoms with Crippen molar-refractivity contribution < 1.29 is 13.2 Å². The molecule has 2 rings (SSSR count). The number of sulfonamides is 1. The smallest absolute Gasteiger partial charge is 0.240 e. The largest absolute Gasteiger partial charge is 0.369 e. The number of primary amides is 1. The van der Waals surface area contributed by atoms with Gasteiger partial charge in [-0.05, 0) is 43.5 Å². The summed E-state index contributed by atoms with van der Waals surface area (Å²) in [6, 6.07) is 4.86. The molecule has 22 heavy (non-hydrogen) atoms. The molecule has 122 valence electrons. The van der Waals surface area contributed by atoms with Crippen molar-refractivity contribution in [1.82, 2.24) is 9.62 Å². The number of nitrogens with one attached hydrogen (secondary N) is 1. The SMILES string of the molecule is Cc1cc(S(=O)(=O)NC2CCN(CC(N)=O)CC2)ccc1Br. The van der Waals surface area contributed by atoms with Crippen molar-refractivity contribution in [2.45, 2.75) is 30.7 Å². The fourth-order valence-electron chi connectivity index (χ4n) is 2.50. The highest BCUT2D eigenvalue weighted by atomic mass is 79.9. The third-order valence-electron chi connectivity index (χ3n) is 3.73. The minimum atomic E-state index is -3.52. The number of aryl methyl sites for hydroxylation is 1. The predicted octanol–water partition coefficient (Wildman–Crippen LogP) is 0.986. The number of rotatable bonds is 5. The highest BCUT2D eigenvalue weighted by molar-refractivity contribution is 9.10. The summed E-state index contributed by atoms with van der Waals surface area (Å²) >= 11 is 3.36. The third kappa shape index (κ3) is 4.52. The topological polar surface area (TPSA) is 92.5 Å². The average molecular weight is 390 g/mol. The minimum Gasteiger partial charge on any atom is -0.369 e. The average Bonchev–Trinajstić information content (AvgIpc) is 2.43. The number of carbonyl (C=O) groups is 1. The summed E-state index contributed by atoms with van der Waals surface area (Å²) in [7, 11) is -3.52. The molecular formula is C14H20BrN3O3S. The van der Waals surface area contributed by atoms with E-state index in [1.165, 1.54) is 0 Å². The van der Waals surface area contributed by atoms with Gasteiger partial charge in [0.05, 0.1) is 11.4 Å². The van der Waals surface area contributed by atoms with Gasteiger partial charge < -0.3 is 5.73 Å². The van der Waals surface area contributed by atoms with Crippen molar-refractivity contribution in [3.05, 3.63) is 28.2 Å². The maximum atomic E-state index is 12.4. The number of halogens is 1. The molecule has 0 radical (unpaired) electrons. The fraction of sp³-hybridized carbons (Fsp3) is 0.500. The molecule has 0 atom stereocenters. The zero-order valence-electron chi connectivity index (χ0n) is 12.4. The summed E-state index contributed by atoms with van der Waals surface area (Å²) in [5.74, 6) is -0.357. The van der Waals surface area contributed by atoms with Crippen LogP contribution in [0.5, 0.6) is 0 Å². The molecule has 1 fully saturated rings. The van der Waals surface area contributed by atoms with Gasteiger partial charge in [0.25, 0.3) is 0 Å². The van der Waals surface area contributed by atoms with Crippen molar-refractivity contribution in [2.24, 2.45) is 5.73 Å². The Kier molecular flexibility index (Phi) is 5.60. The van der Waals surface area contributed by atoms with E-state index in [1.54, 1.807) is 18.2 Å². The lowest BCUT2D eigenvalue weighted by Crippen LogP contribution is -2.46. The second-order valence-electron chi connectivity index (χ2n) is 5.55. The van der Waals surface area contributed by atoms with E-state index in [4.69, 9.17) is 5.73 Å². The number of likely N-dealkylation sites (tertiary alicyclic amines) is 1. The van der Waals surface area contributed by atoms with Gasteiger partial charge in [0, 0.05) is 23.6 Å². The zero-order valence-corrected chi connectivity index (χ0v) is 14.8. The highest BCUT2D eigenvalue weighted by Gasteiger charge is 2.25. The molecule has 0 aromatic heterocycles. The second-order valence-corrected chi connectivity index (χ2v) is 8.12. The normalized spacial score (nSPS) is 17.5. The van der Waals surface area contributed by atoms with Gasteiger partial charge in [-0.15, -0.1) is 0 Å². The summed E-state index contributed by atoms with van der Waals surface area (Å²) in [6.45, 7) is 3.40. The minimum absolute atomic E-state index is 0.113.